The molecule has 0 aromatic rings. The molecule has 0 aliphatic heterocycles. The molecule has 7 heteroatoms. The van der Waals surface area contributed by atoms with E-state index in [1.807, 2.05) is 0 Å². The second kappa shape index (κ2) is 49.0. The Kier molecular flexibility index (Phi) is 463. The molecular formula is Cl5CsPt. The number of hydrogen-bond donors (Lipinski definition) is 0. The molecule has 0 spiro atoms. The summed E-state index contributed by atoms with van der Waals surface area (Å²) in [7, 11) is 0. The first kappa shape index (κ1) is 66.2. The van der Waals surface area contributed by atoms with E-state index >= 15 is 0 Å². The molecule has 0 fully saturated rings. The number of rotatable bonds is 0. The fraction of sp³-hybridized carbons (Fsp3) is 0. The van der Waals surface area contributed by atoms with E-state index in [1.165, 1.54) is 0 Å². The van der Waals surface area contributed by atoms with Crippen LogP contribution in [0.25, 0.3) is 0 Å². The van der Waals surface area contributed by atoms with E-state index in [4.69, 9.17) is 0 Å². The average Bonchev–Trinajstić information content (AvgIpc) is 0. The quantitative estimate of drug-likeness (QED) is 0.307. The summed E-state index contributed by atoms with van der Waals surface area (Å²) in [6.45, 7) is 0. The van der Waals surface area contributed by atoms with Crippen LogP contribution in [0, 0.1) is 0 Å². The van der Waals surface area contributed by atoms with Crippen molar-refractivity contribution >= 4 is 0 Å². The van der Waals surface area contributed by atoms with Gasteiger partial charge in [0.15, 0.2) is 0 Å². The molecule has 0 aromatic heterocycles. The van der Waals surface area contributed by atoms with Crippen LogP contribution in [0.15, 0.2) is 0 Å². The van der Waals surface area contributed by atoms with Gasteiger partial charge in [-0.3, -0.25) is 0 Å². The second-order valence-electron chi connectivity index (χ2n) is 0. The molecule has 7 heavy (non-hydrogen) atoms. The van der Waals surface area contributed by atoms with Gasteiger partial charge in [-0.05, 0) is 0 Å². The smallest absolute Gasteiger partial charge is 1.00 e. The average molecular weight is 505 g/mol. The molecule has 0 heterocycles. The largest absolute Gasteiger partial charge is 4.00 e. The van der Waals surface area contributed by atoms with Gasteiger partial charge in [0.1, 0.15) is 0 Å². The first-order valence-corrected chi connectivity index (χ1v) is 0. The van der Waals surface area contributed by atoms with Gasteiger partial charge in [0, 0.05) is 0 Å². The molecule has 0 aliphatic rings. The first-order chi connectivity index (χ1) is 0. The van der Waals surface area contributed by atoms with E-state index in [0.717, 1.165) is 0 Å². The zero-order valence-electron chi connectivity index (χ0n) is 3.21. The summed E-state index contributed by atoms with van der Waals surface area (Å²) in [5, 5.41) is 0. The van der Waals surface area contributed by atoms with Gasteiger partial charge >= 0.3 is 90.0 Å². The molecule has 0 N–H and O–H groups in total. The van der Waals surface area contributed by atoms with Gasteiger partial charge in [0.25, 0.3) is 0 Å². The summed E-state index contributed by atoms with van der Waals surface area (Å²) in [6, 6.07) is 0. The maximum atomic E-state index is 0. The predicted octanol–water partition coefficient (Wildman–Crippen LogP) is -18.0. The SMILES string of the molecule is [Cl-].[Cl-].[Cl-].[Cl-].[Cl-].[Cs+].[Pt+4]. The third kappa shape index (κ3) is 38.9. The third-order valence-corrected chi connectivity index (χ3v) is 0. The van der Waals surface area contributed by atoms with Crippen molar-refractivity contribution in [3.8, 4) is 0 Å². The Morgan fingerprint density at radius 3 is 0.429 bits per heavy atom. The summed E-state index contributed by atoms with van der Waals surface area (Å²) in [5.41, 5.74) is 0. The van der Waals surface area contributed by atoms with Crippen LogP contribution in [0.5, 0.6) is 0 Å². The number of halogens is 5. The topological polar surface area (TPSA) is 0 Å². The van der Waals surface area contributed by atoms with Crippen LogP contribution in [-0.4, -0.2) is 0 Å². The van der Waals surface area contributed by atoms with E-state index in [-0.39, 0.29) is 152 Å². The van der Waals surface area contributed by atoms with Gasteiger partial charge in [-0.1, -0.05) is 0 Å². The number of hydrogen-bond acceptors (Lipinski definition) is 0. The van der Waals surface area contributed by atoms with Gasteiger partial charge in [-0.15, -0.1) is 0 Å². The summed E-state index contributed by atoms with van der Waals surface area (Å²) in [6.07, 6.45) is 0. The molecule has 46 valence electrons. The van der Waals surface area contributed by atoms with Crippen LogP contribution in [0.4, 0.5) is 0 Å². The maximum Gasteiger partial charge on any atom is 4.00 e. The zero-order chi connectivity index (χ0) is 0. The molecule has 0 atom stereocenters. The minimum absolute atomic E-state index is 0. The van der Waals surface area contributed by atoms with Gasteiger partial charge in [-0.25, -0.2) is 0 Å². The van der Waals surface area contributed by atoms with Gasteiger partial charge < -0.3 is 62.0 Å². The van der Waals surface area contributed by atoms with Crippen molar-refractivity contribution in [3.05, 3.63) is 0 Å². The van der Waals surface area contributed by atoms with E-state index < -0.39 is 0 Å². The van der Waals surface area contributed by atoms with Crippen LogP contribution >= 0.6 is 0 Å². The van der Waals surface area contributed by atoms with Crippen LogP contribution in [0.1, 0.15) is 0 Å². The molecule has 0 rings (SSSR count). The summed E-state index contributed by atoms with van der Waals surface area (Å²) in [5.74, 6) is 0. The Morgan fingerprint density at radius 1 is 0.429 bits per heavy atom. The Bertz CT molecular complexity index is 8.04. The zero-order valence-corrected chi connectivity index (χ0v) is 15.5. The minimum Gasteiger partial charge on any atom is -1.00 e. The van der Waals surface area contributed by atoms with Gasteiger partial charge in [0.2, 0.25) is 0 Å². The first-order valence-electron chi connectivity index (χ1n) is 0. The van der Waals surface area contributed by atoms with Crippen molar-refractivity contribution in [2.24, 2.45) is 0 Å². The van der Waals surface area contributed by atoms with Crippen molar-refractivity contribution in [2.75, 3.05) is 0 Å². The normalized spacial score (nSPS) is 0. The Morgan fingerprint density at radius 2 is 0.429 bits per heavy atom. The summed E-state index contributed by atoms with van der Waals surface area (Å²) >= 11 is 0. The van der Waals surface area contributed by atoms with E-state index in [1.54, 1.807) is 0 Å². The predicted molar refractivity (Wildman–Crippen MR) is 0 cm³/mol. The minimum atomic E-state index is 0. The van der Waals surface area contributed by atoms with Crippen molar-refractivity contribution in [2.45, 2.75) is 0 Å². The molecule has 0 aromatic carbocycles. The Labute approximate surface area is 148 Å². The van der Waals surface area contributed by atoms with Crippen molar-refractivity contribution in [1.29, 1.82) is 0 Å². The summed E-state index contributed by atoms with van der Waals surface area (Å²) < 4.78 is 0. The third-order valence-electron chi connectivity index (χ3n) is 0. The fourth-order valence-corrected chi connectivity index (χ4v) is 0. The van der Waals surface area contributed by atoms with E-state index in [2.05, 4.69) is 0 Å². The molecule has 0 aliphatic carbocycles. The van der Waals surface area contributed by atoms with Crippen LogP contribution in [0.3, 0.4) is 0 Å². The van der Waals surface area contributed by atoms with Gasteiger partial charge in [-0.2, -0.15) is 0 Å². The molecule has 0 radical (unpaired) electrons. The van der Waals surface area contributed by atoms with Crippen LogP contribution in [0.2, 0.25) is 0 Å². The second-order valence-corrected chi connectivity index (χ2v) is 0. The van der Waals surface area contributed by atoms with Crippen LogP contribution < -0.4 is 131 Å². The molecule has 0 amide bonds. The molecule has 0 bridgehead atoms. The van der Waals surface area contributed by atoms with Crippen molar-refractivity contribution < 1.29 is 152 Å². The van der Waals surface area contributed by atoms with E-state index in [0.29, 0.717) is 0 Å². The molecule has 0 saturated carbocycles. The summed E-state index contributed by atoms with van der Waals surface area (Å²) in [4.78, 5) is 0. The molecular weight excluding hydrogens is 505 g/mol. The van der Waals surface area contributed by atoms with Crippen molar-refractivity contribution in [3.63, 3.8) is 0 Å². The monoisotopic (exact) mass is 503 g/mol. The van der Waals surface area contributed by atoms with Crippen LogP contribution in [-0.2, 0) is 21.1 Å². The van der Waals surface area contributed by atoms with Crippen molar-refractivity contribution in [1.82, 2.24) is 0 Å². The Balaban J connectivity index is 0. The Hall–Kier alpha value is 4.19. The molecule has 0 saturated heterocycles. The molecule has 0 unspecified atom stereocenters. The van der Waals surface area contributed by atoms with Gasteiger partial charge in [0.05, 0.1) is 0 Å². The maximum absolute atomic E-state index is 0. The molecule has 0 nitrogen and oxygen atoms in total. The standard InChI is InChI=1S/5ClH.Cs.Pt/h5*1H;;/q;;;;;+1;+4/p-5. The fourth-order valence-electron chi connectivity index (χ4n) is 0. The van der Waals surface area contributed by atoms with E-state index in [9.17, 15) is 0 Å².